The van der Waals surface area contributed by atoms with Crippen LogP contribution in [0.1, 0.15) is 20.8 Å². The lowest BCUT2D eigenvalue weighted by Gasteiger charge is -2.46. The van der Waals surface area contributed by atoms with E-state index in [4.69, 9.17) is 0 Å². The van der Waals surface area contributed by atoms with Gasteiger partial charge in [-0.3, -0.25) is 4.90 Å². The first kappa shape index (κ1) is 20.3. The summed E-state index contributed by atoms with van der Waals surface area (Å²) in [6.07, 6.45) is 1.43. The maximum Gasteiger partial charge on any atom is 0.246 e. The first-order valence-corrected chi connectivity index (χ1v) is 9.93. The van der Waals surface area contributed by atoms with Crippen LogP contribution in [0.4, 0.5) is 26.1 Å². The van der Waals surface area contributed by atoms with Crippen molar-refractivity contribution in [3.05, 3.63) is 59.9 Å². The molecule has 1 aliphatic heterocycles. The van der Waals surface area contributed by atoms with Gasteiger partial charge in [-0.05, 0) is 63.7 Å². The summed E-state index contributed by atoms with van der Waals surface area (Å²) in [7, 11) is 2.16. The van der Waals surface area contributed by atoms with E-state index in [2.05, 4.69) is 65.2 Å². The largest absolute Gasteiger partial charge is 0.368 e. The topological polar surface area (TPSA) is 49.2 Å². The van der Waals surface area contributed by atoms with Crippen LogP contribution in [0.3, 0.4) is 0 Å². The molecule has 1 fully saturated rings. The Hall–Kier alpha value is -3.00. The van der Waals surface area contributed by atoms with E-state index >= 15 is 0 Å². The minimum atomic E-state index is -0.659. The van der Waals surface area contributed by atoms with Gasteiger partial charge in [0.05, 0.1) is 5.69 Å². The molecule has 30 heavy (non-hydrogen) atoms. The molecule has 0 atom stereocenters. The Morgan fingerprint density at radius 1 is 1.00 bits per heavy atom. The molecule has 0 spiro atoms. The third kappa shape index (κ3) is 4.28. The second kappa shape index (κ2) is 7.68. The van der Waals surface area contributed by atoms with Gasteiger partial charge < -0.3 is 10.2 Å². The summed E-state index contributed by atoms with van der Waals surface area (Å²) in [5, 5.41) is 7.51. The summed E-state index contributed by atoms with van der Waals surface area (Å²) < 4.78 is 28.3. The molecule has 1 saturated heterocycles. The molecule has 1 aromatic heterocycles. The number of rotatable bonds is 4. The molecule has 0 aliphatic carbocycles. The molecular formula is C22H28F2N6. The summed E-state index contributed by atoms with van der Waals surface area (Å²) in [6, 6.07) is 9.52. The average Bonchev–Trinajstić information content (AvgIpc) is 3.11. The summed E-state index contributed by atoms with van der Waals surface area (Å²) in [4.78, 5) is 9.00. The molecule has 8 heteroatoms. The fraction of sp³-hybridized carbons (Fsp3) is 0.364. The Bertz CT molecular complexity index is 1050. The van der Waals surface area contributed by atoms with Crippen molar-refractivity contribution in [1.82, 2.24) is 19.7 Å². The lowest BCUT2D eigenvalue weighted by molar-refractivity contribution is 0.139. The fourth-order valence-corrected chi connectivity index (χ4v) is 3.72. The molecule has 2 aromatic carbocycles. The molecule has 0 amide bonds. The van der Waals surface area contributed by atoms with Crippen molar-refractivity contribution in [1.29, 1.82) is 0 Å². The first-order chi connectivity index (χ1) is 14.2. The summed E-state index contributed by atoms with van der Waals surface area (Å²) >= 11 is 0. The maximum atomic E-state index is 13.5. The van der Waals surface area contributed by atoms with Crippen molar-refractivity contribution in [2.75, 3.05) is 36.9 Å². The van der Waals surface area contributed by atoms with Gasteiger partial charge in [0.15, 0.2) is 0 Å². The summed E-state index contributed by atoms with van der Waals surface area (Å²) in [5.41, 5.74) is 3.50. The molecule has 0 radical (unpaired) electrons. The SMILES string of the molecule is Cc1cc(Nc2ncn(-c3cc(F)cc(F)c3)n2)cc(N2CCN(C)C(C)(C)C2)c1.[HH]. The number of hydrogen-bond acceptors (Lipinski definition) is 5. The predicted octanol–water partition coefficient (Wildman–Crippen LogP) is 4.37. The van der Waals surface area contributed by atoms with Crippen LogP contribution in [-0.2, 0) is 0 Å². The summed E-state index contributed by atoms with van der Waals surface area (Å²) in [6.45, 7) is 9.45. The van der Waals surface area contributed by atoms with E-state index in [9.17, 15) is 8.78 Å². The van der Waals surface area contributed by atoms with E-state index in [1.165, 1.54) is 23.1 Å². The second-order valence-electron chi connectivity index (χ2n) is 8.48. The molecule has 2 heterocycles. The van der Waals surface area contributed by atoms with Gasteiger partial charge >= 0.3 is 0 Å². The van der Waals surface area contributed by atoms with Crippen LogP contribution in [-0.4, -0.2) is 51.9 Å². The zero-order valence-corrected chi connectivity index (χ0v) is 17.7. The third-order valence-electron chi connectivity index (χ3n) is 5.60. The standard InChI is InChI=1S/C22H26F2N6.H2/c1-15-7-18(12-19(8-15)29-6-5-28(4)22(2,3)13-29)26-21-25-14-30(27-21)20-10-16(23)9-17(24)11-20;/h7-12,14H,5-6,13H2,1-4H3,(H,26,27);1H. The van der Waals surface area contributed by atoms with Crippen LogP contribution in [0.2, 0.25) is 0 Å². The van der Waals surface area contributed by atoms with E-state index < -0.39 is 11.6 Å². The number of halogens is 2. The monoisotopic (exact) mass is 414 g/mol. The fourth-order valence-electron chi connectivity index (χ4n) is 3.72. The Balaban J connectivity index is 0.00000272. The molecule has 6 nitrogen and oxygen atoms in total. The highest BCUT2D eigenvalue weighted by Crippen LogP contribution is 2.28. The smallest absolute Gasteiger partial charge is 0.246 e. The van der Waals surface area contributed by atoms with Crippen LogP contribution >= 0.6 is 0 Å². The van der Waals surface area contributed by atoms with Crippen LogP contribution in [0, 0.1) is 18.6 Å². The van der Waals surface area contributed by atoms with Gasteiger partial charge in [-0.1, -0.05) is 0 Å². The Morgan fingerprint density at radius 2 is 1.73 bits per heavy atom. The lowest BCUT2D eigenvalue weighted by atomic mass is 9.99. The molecule has 3 aromatic rings. The van der Waals surface area contributed by atoms with Crippen molar-refractivity contribution in [3.63, 3.8) is 0 Å². The number of hydrogen-bond donors (Lipinski definition) is 1. The highest BCUT2D eigenvalue weighted by Gasteiger charge is 2.31. The normalized spacial score (nSPS) is 16.7. The number of aromatic nitrogens is 3. The van der Waals surface area contributed by atoms with Gasteiger partial charge in [-0.2, -0.15) is 4.98 Å². The molecule has 1 N–H and O–H groups in total. The second-order valence-corrected chi connectivity index (χ2v) is 8.48. The number of benzene rings is 2. The average molecular weight is 415 g/mol. The molecule has 0 saturated carbocycles. The number of nitrogens with one attached hydrogen (secondary N) is 1. The van der Waals surface area contributed by atoms with E-state index in [0.29, 0.717) is 5.95 Å². The lowest BCUT2D eigenvalue weighted by Crippen LogP contribution is -2.57. The first-order valence-electron chi connectivity index (χ1n) is 9.93. The van der Waals surface area contributed by atoms with Gasteiger partial charge in [-0.25, -0.2) is 13.5 Å². The van der Waals surface area contributed by atoms with Crippen molar-refractivity contribution in [2.45, 2.75) is 26.3 Å². The highest BCUT2D eigenvalue weighted by atomic mass is 19.1. The van der Waals surface area contributed by atoms with E-state index in [0.717, 1.165) is 42.6 Å². The van der Waals surface area contributed by atoms with Crippen LogP contribution in [0.5, 0.6) is 0 Å². The van der Waals surface area contributed by atoms with Gasteiger partial charge in [0, 0.05) is 44.0 Å². The van der Waals surface area contributed by atoms with Crippen molar-refractivity contribution in [2.24, 2.45) is 0 Å². The van der Waals surface area contributed by atoms with Crippen molar-refractivity contribution >= 4 is 17.3 Å². The van der Waals surface area contributed by atoms with E-state index in [1.54, 1.807) is 0 Å². The molecule has 1 aliphatic rings. The number of aryl methyl sites for hydroxylation is 1. The Kier molecular flexibility index (Phi) is 5.19. The van der Waals surface area contributed by atoms with Crippen LogP contribution in [0.25, 0.3) is 5.69 Å². The van der Waals surface area contributed by atoms with Crippen LogP contribution in [0.15, 0.2) is 42.7 Å². The molecule has 0 unspecified atom stereocenters. The van der Waals surface area contributed by atoms with Gasteiger partial charge in [-0.15, -0.1) is 5.10 Å². The minimum absolute atomic E-state index is 0. The van der Waals surface area contributed by atoms with Crippen molar-refractivity contribution < 1.29 is 10.2 Å². The van der Waals surface area contributed by atoms with Gasteiger partial charge in [0.25, 0.3) is 0 Å². The number of likely N-dealkylation sites (N-methyl/N-ethyl adjacent to an activating group) is 1. The highest BCUT2D eigenvalue weighted by molar-refractivity contribution is 5.64. The number of piperazine rings is 1. The minimum Gasteiger partial charge on any atom is -0.368 e. The summed E-state index contributed by atoms with van der Waals surface area (Å²) in [5.74, 6) is -0.961. The molecular weight excluding hydrogens is 386 g/mol. The Morgan fingerprint density at radius 3 is 2.43 bits per heavy atom. The van der Waals surface area contributed by atoms with E-state index in [1.807, 2.05) is 6.07 Å². The van der Waals surface area contributed by atoms with Crippen molar-refractivity contribution in [3.8, 4) is 5.69 Å². The molecule has 160 valence electrons. The zero-order chi connectivity index (χ0) is 21.5. The third-order valence-corrected chi connectivity index (χ3v) is 5.60. The van der Waals surface area contributed by atoms with Crippen LogP contribution < -0.4 is 10.2 Å². The molecule has 4 rings (SSSR count). The quantitative estimate of drug-likeness (QED) is 0.687. The maximum absolute atomic E-state index is 13.5. The number of anilines is 3. The Labute approximate surface area is 176 Å². The van der Waals surface area contributed by atoms with Gasteiger partial charge in [0.1, 0.15) is 18.0 Å². The molecule has 0 bridgehead atoms. The van der Waals surface area contributed by atoms with E-state index in [-0.39, 0.29) is 12.7 Å². The number of nitrogens with zero attached hydrogens (tertiary/aromatic N) is 5. The van der Waals surface area contributed by atoms with Gasteiger partial charge in [0.2, 0.25) is 5.95 Å². The zero-order valence-electron chi connectivity index (χ0n) is 17.7. The predicted molar refractivity (Wildman–Crippen MR) is 117 cm³/mol.